The number of anilines is 1. The number of pyridine rings is 1. The van der Waals surface area contributed by atoms with Crippen molar-refractivity contribution in [1.29, 1.82) is 0 Å². The molecule has 0 unspecified atom stereocenters. The molecule has 0 atom stereocenters. The largest absolute Gasteiger partial charge is 0.495 e. The van der Waals surface area contributed by atoms with Gasteiger partial charge in [0.15, 0.2) is 5.75 Å². The summed E-state index contributed by atoms with van der Waals surface area (Å²) in [5.74, 6) is 0.256. The molecule has 22 heavy (non-hydrogen) atoms. The molecule has 0 saturated carbocycles. The number of halogens is 1. The highest BCUT2D eigenvalue weighted by atomic mass is 35.5. The zero-order chi connectivity index (χ0) is 16.3. The van der Waals surface area contributed by atoms with E-state index in [0.717, 1.165) is 0 Å². The highest BCUT2D eigenvalue weighted by Gasteiger charge is 2.13. The molecular formula is C15H15ClN2O4. The number of carbonyl (C=O) groups is 1. The minimum Gasteiger partial charge on any atom is -0.495 e. The number of aryl methyl sites for hydroxylation is 1. The number of rotatable bonds is 4. The minimum atomic E-state index is -0.427. The molecule has 116 valence electrons. The number of hydrogen-bond acceptors (Lipinski definition) is 4. The van der Waals surface area contributed by atoms with Gasteiger partial charge in [-0.05, 0) is 18.2 Å². The van der Waals surface area contributed by atoms with Crippen molar-refractivity contribution in [2.24, 2.45) is 7.05 Å². The van der Waals surface area contributed by atoms with Gasteiger partial charge in [0.25, 0.3) is 5.91 Å². The van der Waals surface area contributed by atoms with Gasteiger partial charge in [-0.3, -0.25) is 9.59 Å². The van der Waals surface area contributed by atoms with Crippen LogP contribution in [0.3, 0.4) is 0 Å². The van der Waals surface area contributed by atoms with Crippen LogP contribution >= 0.6 is 11.6 Å². The van der Waals surface area contributed by atoms with Gasteiger partial charge >= 0.3 is 0 Å². The Hall–Kier alpha value is -2.47. The number of amides is 1. The average molecular weight is 323 g/mol. The van der Waals surface area contributed by atoms with Gasteiger partial charge in [0.05, 0.1) is 25.4 Å². The number of ether oxygens (including phenoxy) is 2. The highest BCUT2D eigenvalue weighted by Crippen LogP contribution is 2.27. The van der Waals surface area contributed by atoms with Crippen LogP contribution in [0.2, 0.25) is 5.02 Å². The second-order valence-electron chi connectivity index (χ2n) is 4.51. The van der Waals surface area contributed by atoms with E-state index >= 15 is 0 Å². The first-order valence-electron chi connectivity index (χ1n) is 6.36. The molecule has 0 fully saturated rings. The number of hydrogen-bond donors (Lipinski definition) is 1. The van der Waals surface area contributed by atoms with E-state index in [1.807, 2.05) is 0 Å². The molecule has 6 nitrogen and oxygen atoms in total. The molecule has 0 saturated heterocycles. The van der Waals surface area contributed by atoms with Crippen LogP contribution in [-0.2, 0) is 7.05 Å². The number of carbonyl (C=O) groups excluding carboxylic acids is 1. The van der Waals surface area contributed by atoms with Crippen molar-refractivity contribution in [3.63, 3.8) is 0 Å². The number of nitrogens with zero attached hydrogens (tertiary/aromatic N) is 1. The summed E-state index contributed by atoms with van der Waals surface area (Å²) in [5.41, 5.74) is 0.343. The van der Waals surface area contributed by atoms with Crippen LogP contribution in [0.1, 0.15) is 10.5 Å². The molecule has 2 rings (SSSR count). The Bertz CT molecular complexity index is 771. The predicted molar refractivity (Wildman–Crippen MR) is 84.2 cm³/mol. The summed E-state index contributed by atoms with van der Waals surface area (Å²) in [6.07, 6.45) is 1.46. The molecule has 2 aromatic rings. The fourth-order valence-corrected chi connectivity index (χ4v) is 2.18. The van der Waals surface area contributed by atoms with Gasteiger partial charge in [0, 0.05) is 18.8 Å². The molecule has 0 aliphatic heterocycles. The molecule has 1 aromatic carbocycles. The lowest BCUT2D eigenvalue weighted by Crippen LogP contribution is -2.21. The summed E-state index contributed by atoms with van der Waals surface area (Å²) >= 11 is 6.01. The fourth-order valence-electron chi connectivity index (χ4n) is 1.92. The van der Waals surface area contributed by atoms with Crippen LogP contribution in [0.25, 0.3) is 0 Å². The highest BCUT2D eigenvalue weighted by molar-refractivity contribution is 6.32. The van der Waals surface area contributed by atoms with E-state index < -0.39 is 5.91 Å². The molecule has 1 amide bonds. The minimum absolute atomic E-state index is 0.173. The van der Waals surface area contributed by atoms with Gasteiger partial charge in [0.2, 0.25) is 5.43 Å². The van der Waals surface area contributed by atoms with Crippen molar-refractivity contribution in [3.05, 3.63) is 51.4 Å². The van der Waals surface area contributed by atoms with E-state index in [1.165, 1.54) is 31.0 Å². The van der Waals surface area contributed by atoms with E-state index in [0.29, 0.717) is 16.5 Å². The maximum absolute atomic E-state index is 12.3. The van der Waals surface area contributed by atoms with Gasteiger partial charge in [-0.1, -0.05) is 11.6 Å². The first kappa shape index (κ1) is 15.9. The Kier molecular flexibility index (Phi) is 4.72. The normalized spacial score (nSPS) is 10.2. The Balaban J connectivity index is 2.28. The number of benzene rings is 1. The van der Waals surface area contributed by atoms with Crippen LogP contribution in [0.15, 0.2) is 35.3 Å². The van der Waals surface area contributed by atoms with Crippen LogP contribution in [0.4, 0.5) is 5.69 Å². The zero-order valence-electron chi connectivity index (χ0n) is 12.3. The van der Waals surface area contributed by atoms with Crippen LogP contribution in [0, 0.1) is 0 Å². The fraction of sp³-hybridized carbons (Fsp3) is 0.200. The number of methoxy groups -OCH3 is 2. The second-order valence-corrected chi connectivity index (χ2v) is 4.91. The molecule has 0 bridgehead atoms. The molecule has 7 heteroatoms. The van der Waals surface area contributed by atoms with E-state index in [1.54, 1.807) is 25.2 Å². The molecule has 1 N–H and O–H groups in total. The summed E-state index contributed by atoms with van der Waals surface area (Å²) < 4.78 is 11.5. The lowest BCUT2D eigenvalue weighted by atomic mass is 10.2. The Labute approximate surface area is 132 Å². The Morgan fingerprint density at radius 2 is 1.86 bits per heavy atom. The summed E-state index contributed by atoms with van der Waals surface area (Å²) in [6, 6.07) is 6.09. The van der Waals surface area contributed by atoms with Gasteiger partial charge < -0.3 is 19.4 Å². The summed E-state index contributed by atoms with van der Waals surface area (Å²) in [7, 11) is 4.56. The summed E-state index contributed by atoms with van der Waals surface area (Å²) in [5, 5.41) is 3.06. The summed E-state index contributed by atoms with van der Waals surface area (Å²) in [4.78, 5) is 24.0. The van der Waals surface area contributed by atoms with Crippen LogP contribution in [-0.4, -0.2) is 24.7 Å². The molecule has 0 aliphatic carbocycles. The van der Waals surface area contributed by atoms with Gasteiger partial charge in [-0.2, -0.15) is 0 Å². The molecular weight excluding hydrogens is 308 g/mol. The first-order chi connectivity index (χ1) is 10.5. The van der Waals surface area contributed by atoms with Crippen molar-refractivity contribution in [1.82, 2.24) is 4.57 Å². The van der Waals surface area contributed by atoms with Crippen molar-refractivity contribution >= 4 is 23.2 Å². The Morgan fingerprint density at radius 3 is 2.45 bits per heavy atom. The van der Waals surface area contributed by atoms with Crippen LogP contribution in [0.5, 0.6) is 11.5 Å². The zero-order valence-corrected chi connectivity index (χ0v) is 13.1. The molecule has 0 aliphatic rings. The average Bonchev–Trinajstić information content (AvgIpc) is 2.49. The molecule has 1 heterocycles. The third kappa shape index (κ3) is 3.23. The number of aromatic nitrogens is 1. The van der Waals surface area contributed by atoms with Crippen LogP contribution < -0.4 is 20.2 Å². The molecule has 0 spiro atoms. The van der Waals surface area contributed by atoms with E-state index in [2.05, 4.69) is 5.32 Å². The maximum Gasteiger partial charge on any atom is 0.272 e. The van der Waals surface area contributed by atoms with Crippen molar-refractivity contribution in [2.45, 2.75) is 0 Å². The quantitative estimate of drug-likeness (QED) is 0.937. The topological polar surface area (TPSA) is 69.6 Å². The summed E-state index contributed by atoms with van der Waals surface area (Å²) in [6.45, 7) is 0. The van der Waals surface area contributed by atoms with E-state index in [-0.39, 0.29) is 16.9 Å². The van der Waals surface area contributed by atoms with Gasteiger partial charge in [-0.15, -0.1) is 0 Å². The lowest BCUT2D eigenvalue weighted by Gasteiger charge is -2.11. The van der Waals surface area contributed by atoms with Gasteiger partial charge in [0.1, 0.15) is 11.4 Å². The van der Waals surface area contributed by atoms with Crippen molar-refractivity contribution in [3.8, 4) is 11.5 Å². The van der Waals surface area contributed by atoms with E-state index in [4.69, 9.17) is 21.1 Å². The Morgan fingerprint density at radius 1 is 1.18 bits per heavy atom. The van der Waals surface area contributed by atoms with E-state index in [9.17, 15) is 9.59 Å². The van der Waals surface area contributed by atoms with Crippen molar-refractivity contribution < 1.29 is 14.3 Å². The maximum atomic E-state index is 12.3. The predicted octanol–water partition coefficient (Wildman–Crippen LogP) is 2.31. The monoisotopic (exact) mass is 322 g/mol. The molecule has 0 radical (unpaired) electrons. The smallest absolute Gasteiger partial charge is 0.272 e. The SMILES string of the molecule is COc1ccc(NC(=O)c2cc(=O)c(OC)cn2C)cc1Cl. The third-order valence-electron chi connectivity index (χ3n) is 3.06. The third-order valence-corrected chi connectivity index (χ3v) is 3.36. The standard InChI is InChI=1S/C15H15ClN2O4/c1-18-8-14(22-3)12(19)7-11(18)15(20)17-9-4-5-13(21-2)10(16)6-9/h4-8H,1-3H3,(H,17,20). The van der Waals surface area contributed by atoms with Crippen molar-refractivity contribution in [2.75, 3.05) is 19.5 Å². The van der Waals surface area contributed by atoms with Gasteiger partial charge in [-0.25, -0.2) is 0 Å². The second kappa shape index (κ2) is 6.53. The first-order valence-corrected chi connectivity index (χ1v) is 6.73. The number of nitrogens with one attached hydrogen (secondary N) is 1. The molecule has 1 aromatic heterocycles. The lowest BCUT2D eigenvalue weighted by molar-refractivity contribution is 0.101.